The molecule has 0 bridgehead atoms. The second-order valence-corrected chi connectivity index (χ2v) is 1.39. The summed E-state index contributed by atoms with van der Waals surface area (Å²) in [6, 6.07) is 0. The minimum absolute atomic E-state index is 0. The monoisotopic (exact) mass is 147 g/mol. The Bertz CT molecular complexity index is 6.00. The Hall–Kier alpha value is 2.12. The predicted octanol–water partition coefficient (Wildman–Crippen LogP) is 1.02. The maximum Gasteiger partial charge on any atom is 0.000281 e. The Morgan fingerprint density at radius 2 is 1.75 bits per heavy atom. The van der Waals surface area contributed by atoms with E-state index in [9.17, 15) is 0 Å². The molecule has 0 heterocycles. The molecule has 0 fully saturated rings. The van der Waals surface area contributed by atoms with Gasteiger partial charge in [0.1, 0.15) is 0 Å². The summed E-state index contributed by atoms with van der Waals surface area (Å²) >= 11 is 3.15. The maximum absolute atomic E-state index is 3.15. The van der Waals surface area contributed by atoms with Crippen LogP contribution in [-0.2, 0) is 0 Å². The van der Waals surface area contributed by atoms with Crippen molar-refractivity contribution in [2.45, 2.75) is 6.92 Å². The molecule has 0 atom stereocenters. The van der Waals surface area contributed by atoms with E-state index in [1.807, 2.05) is 6.92 Å². The number of halogens is 1. The van der Waals surface area contributed by atoms with Gasteiger partial charge in [-0.2, -0.15) is 0 Å². The smallest absolute Gasteiger partial charge is 0.000281 e. The summed E-state index contributed by atoms with van der Waals surface area (Å²) in [7, 11) is 0. The molecule has 0 N–H and O–H groups in total. The van der Waals surface area contributed by atoms with Gasteiger partial charge in [-0.25, -0.2) is 0 Å². The van der Waals surface area contributed by atoms with Crippen molar-refractivity contribution in [3.63, 3.8) is 0 Å². The van der Waals surface area contributed by atoms with Crippen molar-refractivity contribution in [3.05, 3.63) is 0 Å². The standard InChI is InChI=1S/C2H5Br.K/c1-2-3;/h2H2,1H3;. The zero-order valence-electron chi connectivity index (χ0n) is 3.09. The van der Waals surface area contributed by atoms with E-state index in [-0.39, 0.29) is 51.4 Å². The van der Waals surface area contributed by atoms with E-state index in [2.05, 4.69) is 15.9 Å². The van der Waals surface area contributed by atoms with Gasteiger partial charge >= 0.3 is 0 Å². The van der Waals surface area contributed by atoms with Gasteiger partial charge in [0.05, 0.1) is 0 Å². The number of hydrogen-bond acceptors (Lipinski definition) is 0. The van der Waals surface area contributed by atoms with E-state index in [1.165, 1.54) is 0 Å². The third-order valence-corrected chi connectivity index (χ3v) is 0. The van der Waals surface area contributed by atoms with Crippen LogP contribution in [0, 0.1) is 0 Å². The predicted molar refractivity (Wildman–Crippen MR) is 25.2 cm³/mol. The van der Waals surface area contributed by atoms with Crippen molar-refractivity contribution in [1.29, 1.82) is 0 Å². The van der Waals surface area contributed by atoms with Crippen LogP contribution in [0.25, 0.3) is 0 Å². The second kappa shape index (κ2) is 8.93. The fraction of sp³-hybridized carbons (Fsp3) is 1.00. The minimum atomic E-state index is 0. The molecular formula is C2H5BrK. The Labute approximate surface area is 77.9 Å². The van der Waals surface area contributed by atoms with Crippen LogP contribution in [-0.4, -0.2) is 56.7 Å². The Kier molecular flexibility index (Phi) is 21.1. The molecule has 0 rings (SSSR count). The molecule has 0 nitrogen and oxygen atoms in total. The van der Waals surface area contributed by atoms with Gasteiger partial charge in [0, 0.05) is 56.7 Å². The van der Waals surface area contributed by atoms with Crippen LogP contribution in [0.4, 0.5) is 0 Å². The van der Waals surface area contributed by atoms with Crippen LogP contribution in [0.3, 0.4) is 0 Å². The molecule has 0 aliphatic rings. The largest absolute Gasteiger partial charge is 0.0931 e. The molecule has 0 saturated carbocycles. The first-order valence-corrected chi connectivity index (χ1v) is 2.10. The van der Waals surface area contributed by atoms with Gasteiger partial charge < -0.3 is 0 Å². The van der Waals surface area contributed by atoms with Gasteiger partial charge in [-0.3, -0.25) is 0 Å². The summed E-state index contributed by atoms with van der Waals surface area (Å²) in [5.74, 6) is 0. The molecule has 0 amide bonds. The first-order chi connectivity index (χ1) is 1.41. The van der Waals surface area contributed by atoms with Gasteiger partial charge in [0.25, 0.3) is 0 Å². The Morgan fingerprint density at radius 3 is 1.75 bits per heavy atom. The minimum Gasteiger partial charge on any atom is -0.0931 e. The zero-order chi connectivity index (χ0) is 2.71. The van der Waals surface area contributed by atoms with Crippen molar-refractivity contribution >= 4 is 67.3 Å². The van der Waals surface area contributed by atoms with Crippen molar-refractivity contribution in [3.8, 4) is 0 Å². The Balaban J connectivity index is 0. The number of rotatable bonds is 0. The Morgan fingerprint density at radius 1 is 1.75 bits per heavy atom. The molecule has 0 spiro atoms. The fourth-order valence-electron chi connectivity index (χ4n) is 0. The third-order valence-electron chi connectivity index (χ3n) is 0. The first kappa shape index (κ1) is 9.45. The molecule has 0 aromatic heterocycles. The van der Waals surface area contributed by atoms with Crippen LogP contribution >= 0.6 is 15.9 Å². The number of alkyl halides is 1. The van der Waals surface area contributed by atoms with E-state index in [4.69, 9.17) is 0 Å². The van der Waals surface area contributed by atoms with Gasteiger partial charge in [0.15, 0.2) is 0 Å². The number of hydrogen-bond donors (Lipinski definition) is 0. The molecule has 0 aromatic rings. The summed E-state index contributed by atoms with van der Waals surface area (Å²) in [6.07, 6.45) is 0. The second-order valence-electron chi connectivity index (χ2n) is 0.267. The molecule has 0 unspecified atom stereocenters. The van der Waals surface area contributed by atoms with E-state index < -0.39 is 0 Å². The molecule has 4 heavy (non-hydrogen) atoms. The molecular weight excluding hydrogens is 143 g/mol. The normalized spacial score (nSPS) is 4.50. The zero-order valence-corrected chi connectivity index (χ0v) is 7.79. The van der Waals surface area contributed by atoms with Crippen molar-refractivity contribution < 1.29 is 0 Å². The van der Waals surface area contributed by atoms with Crippen LogP contribution in [0.1, 0.15) is 6.92 Å². The SMILES string of the molecule is CCBr.[K]. The summed E-state index contributed by atoms with van der Waals surface area (Å²) in [5.41, 5.74) is 0. The molecule has 2 heteroatoms. The summed E-state index contributed by atoms with van der Waals surface area (Å²) < 4.78 is 0. The third kappa shape index (κ3) is 8.93. The summed E-state index contributed by atoms with van der Waals surface area (Å²) in [5, 5.41) is 1.06. The topological polar surface area (TPSA) is 0 Å². The van der Waals surface area contributed by atoms with Crippen molar-refractivity contribution in [1.82, 2.24) is 0 Å². The van der Waals surface area contributed by atoms with Gasteiger partial charge in [-0.1, -0.05) is 22.9 Å². The molecule has 1 radical (unpaired) electrons. The maximum atomic E-state index is 3.15. The summed E-state index contributed by atoms with van der Waals surface area (Å²) in [6.45, 7) is 2.04. The molecule has 0 aliphatic heterocycles. The fourth-order valence-corrected chi connectivity index (χ4v) is 0. The van der Waals surface area contributed by atoms with Gasteiger partial charge in [-0.15, -0.1) is 0 Å². The average molecular weight is 148 g/mol. The molecule has 0 aliphatic carbocycles. The van der Waals surface area contributed by atoms with Crippen LogP contribution in [0.5, 0.6) is 0 Å². The van der Waals surface area contributed by atoms with Crippen molar-refractivity contribution in [2.75, 3.05) is 5.33 Å². The van der Waals surface area contributed by atoms with Crippen LogP contribution in [0.15, 0.2) is 0 Å². The van der Waals surface area contributed by atoms with Gasteiger partial charge in [0.2, 0.25) is 0 Å². The van der Waals surface area contributed by atoms with Crippen molar-refractivity contribution in [2.24, 2.45) is 0 Å². The van der Waals surface area contributed by atoms with Crippen LogP contribution < -0.4 is 0 Å². The van der Waals surface area contributed by atoms with E-state index in [1.54, 1.807) is 0 Å². The van der Waals surface area contributed by atoms with E-state index in [0.29, 0.717) is 0 Å². The molecule has 0 aromatic carbocycles. The average Bonchev–Trinajstić information content (AvgIpc) is 0.918. The van der Waals surface area contributed by atoms with Crippen LogP contribution in [0.2, 0.25) is 0 Å². The molecule has 0 saturated heterocycles. The van der Waals surface area contributed by atoms with Gasteiger partial charge in [-0.05, 0) is 0 Å². The molecule has 21 valence electrons. The summed E-state index contributed by atoms with van der Waals surface area (Å²) in [4.78, 5) is 0. The first-order valence-electron chi connectivity index (χ1n) is 0.974. The quantitative estimate of drug-likeness (QED) is 0.355. The van der Waals surface area contributed by atoms with E-state index in [0.717, 1.165) is 5.33 Å². The van der Waals surface area contributed by atoms with E-state index >= 15 is 0 Å².